The molecule has 0 saturated heterocycles. The SMILES string of the molecule is CNC(C)(CCCC(=O)O)C(N)=O. The second-order valence-corrected chi connectivity index (χ2v) is 3.19. The van der Waals surface area contributed by atoms with Gasteiger partial charge in [0.2, 0.25) is 5.91 Å². The number of carbonyl (C=O) groups is 2. The van der Waals surface area contributed by atoms with E-state index in [1.54, 1.807) is 14.0 Å². The van der Waals surface area contributed by atoms with Crippen LogP contribution in [0.5, 0.6) is 0 Å². The van der Waals surface area contributed by atoms with E-state index < -0.39 is 17.4 Å². The van der Waals surface area contributed by atoms with Gasteiger partial charge in [-0.3, -0.25) is 9.59 Å². The minimum Gasteiger partial charge on any atom is -0.481 e. The van der Waals surface area contributed by atoms with Crippen molar-refractivity contribution in [3.8, 4) is 0 Å². The molecule has 0 aliphatic rings. The highest BCUT2D eigenvalue weighted by Gasteiger charge is 2.28. The number of rotatable bonds is 6. The molecule has 76 valence electrons. The van der Waals surface area contributed by atoms with E-state index in [0.29, 0.717) is 12.8 Å². The number of carboxylic acids is 1. The smallest absolute Gasteiger partial charge is 0.303 e. The Kier molecular flexibility index (Phi) is 4.40. The Balaban J connectivity index is 3.98. The van der Waals surface area contributed by atoms with E-state index in [4.69, 9.17) is 10.8 Å². The van der Waals surface area contributed by atoms with Gasteiger partial charge in [0.05, 0.1) is 5.54 Å². The highest BCUT2D eigenvalue weighted by Crippen LogP contribution is 2.12. The van der Waals surface area contributed by atoms with Crippen molar-refractivity contribution in [2.75, 3.05) is 7.05 Å². The maximum absolute atomic E-state index is 10.9. The molecule has 0 fully saturated rings. The Morgan fingerprint density at radius 2 is 2.08 bits per heavy atom. The standard InChI is InChI=1S/C8H16N2O3/c1-8(10-2,7(9)13)5-3-4-6(11)12/h10H,3-5H2,1-2H3,(H2,9,13)(H,11,12). The Bertz CT molecular complexity index is 206. The molecule has 0 rings (SSSR count). The molecule has 0 aromatic carbocycles. The maximum atomic E-state index is 10.9. The quantitative estimate of drug-likeness (QED) is 0.533. The summed E-state index contributed by atoms with van der Waals surface area (Å²) in [7, 11) is 1.63. The van der Waals surface area contributed by atoms with Crippen LogP contribution in [0.3, 0.4) is 0 Å². The number of carbonyl (C=O) groups excluding carboxylic acids is 1. The predicted molar refractivity (Wildman–Crippen MR) is 48.1 cm³/mol. The maximum Gasteiger partial charge on any atom is 0.303 e. The van der Waals surface area contributed by atoms with Crippen LogP contribution in [0.2, 0.25) is 0 Å². The zero-order valence-electron chi connectivity index (χ0n) is 7.96. The Labute approximate surface area is 77.3 Å². The summed E-state index contributed by atoms with van der Waals surface area (Å²) >= 11 is 0. The lowest BCUT2D eigenvalue weighted by atomic mass is 9.94. The minimum atomic E-state index is -0.858. The molecule has 1 atom stereocenters. The highest BCUT2D eigenvalue weighted by atomic mass is 16.4. The first-order valence-corrected chi connectivity index (χ1v) is 4.13. The fourth-order valence-corrected chi connectivity index (χ4v) is 0.965. The van der Waals surface area contributed by atoms with Gasteiger partial charge < -0.3 is 16.2 Å². The van der Waals surface area contributed by atoms with Crippen LogP contribution in [0, 0.1) is 0 Å². The summed E-state index contributed by atoms with van der Waals surface area (Å²) in [6.45, 7) is 1.66. The van der Waals surface area contributed by atoms with E-state index in [1.165, 1.54) is 0 Å². The monoisotopic (exact) mass is 188 g/mol. The zero-order chi connectivity index (χ0) is 10.5. The fraction of sp³-hybridized carbons (Fsp3) is 0.750. The molecule has 0 bridgehead atoms. The van der Waals surface area contributed by atoms with E-state index in [1.807, 2.05) is 0 Å². The number of nitrogens with one attached hydrogen (secondary N) is 1. The number of hydrogen-bond acceptors (Lipinski definition) is 3. The molecule has 1 amide bonds. The second kappa shape index (κ2) is 4.81. The van der Waals surface area contributed by atoms with Gasteiger partial charge in [-0.25, -0.2) is 0 Å². The average molecular weight is 188 g/mol. The number of nitrogens with two attached hydrogens (primary N) is 1. The first-order chi connectivity index (χ1) is 5.92. The van der Waals surface area contributed by atoms with Gasteiger partial charge in [-0.1, -0.05) is 0 Å². The third kappa shape index (κ3) is 3.89. The molecule has 5 nitrogen and oxygen atoms in total. The van der Waals surface area contributed by atoms with Crippen molar-refractivity contribution in [2.24, 2.45) is 5.73 Å². The van der Waals surface area contributed by atoms with Crippen LogP contribution in [-0.2, 0) is 9.59 Å². The lowest BCUT2D eigenvalue weighted by molar-refractivity contribution is -0.137. The van der Waals surface area contributed by atoms with Crippen LogP contribution in [0.15, 0.2) is 0 Å². The summed E-state index contributed by atoms with van der Waals surface area (Å²) in [5.74, 6) is -1.32. The molecule has 5 heteroatoms. The Hall–Kier alpha value is -1.10. The molecular weight excluding hydrogens is 172 g/mol. The van der Waals surface area contributed by atoms with E-state index in [2.05, 4.69) is 5.32 Å². The van der Waals surface area contributed by atoms with Gasteiger partial charge >= 0.3 is 5.97 Å². The van der Waals surface area contributed by atoms with Crippen molar-refractivity contribution in [2.45, 2.75) is 31.7 Å². The van der Waals surface area contributed by atoms with Gasteiger partial charge in [-0.05, 0) is 26.8 Å². The number of hydrogen-bond donors (Lipinski definition) is 3. The topological polar surface area (TPSA) is 92.4 Å². The number of aliphatic carboxylic acids is 1. The molecule has 1 unspecified atom stereocenters. The average Bonchev–Trinajstić information content (AvgIpc) is 2.03. The molecule has 0 heterocycles. The molecule has 0 aliphatic carbocycles. The minimum absolute atomic E-state index is 0.0601. The summed E-state index contributed by atoms with van der Waals surface area (Å²) in [4.78, 5) is 21.1. The molecule has 0 radical (unpaired) electrons. The number of likely N-dealkylation sites (N-methyl/N-ethyl adjacent to an activating group) is 1. The lowest BCUT2D eigenvalue weighted by Gasteiger charge is -2.24. The molecule has 13 heavy (non-hydrogen) atoms. The number of carboxylic acid groups (broad SMARTS) is 1. The third-order valence-electron chi connectivity index (χ3n) is 2.16. The summed E-state index contributed by atoms with van der Waals surface area (Å²) < 4.78 is 0. The first-order valence-electron chi connectivity index (χ1n) is 4.13. The second-order valence-electron chi connectivity index (χ2n) is 3.19. The van der Waals surface area contributed by atoms with Crippen LogP contribution in [0.4, 0.5) is 0 Å². The molecule has 4 N–H and O–H groups in total. The zero-order valence-corrected chi connectivity index (χ0v) is 7.96. The van der Waals surface area contributed by atoms with Crippen molar-refractivity contribution in [3.63, 3.8) is 0 Å². The summed E-state index contributed by atoms with van der Waals surface area (Å²) in [6, 6.07) is 0. The van der Waals surface area contributed by atoms with Crippen LogP contribution in [-0.4, -0.2) is 29.6 Å². The molecule has 0 aromatic rings. The normalized spacial score (nSPS) is 14.9. The fourth-order valence-electron chi connectivity index (χ4n) is 0.965. The summed E-state index contributed by atoms with van der Waals surface area (Å²) in [5, 5.41) is 11.2. The summed E-state index contributed by atoms with van der Waals surface area (Å²) in [6.07, 6.45) is 0.936. The molecule has 0 spiro atoms. The predicted octanol–water partition coefficient (Wildman–Crippen LogP) is -0.295. The van der Waals surface area contributed by atoms with Gasteiger partial charge in [-0.2, -0.15) is 0 Å². The van der Waals surface area contributed by atoms with Crippen molar-refractivity contribution in [1.29, 1.82) is 0 Å². The van der Waals surface area contributed by atoms with Gasteiger partial charge in [0.25, 0.3) is 0 Å². The van der Waals surface area contributed by atoms with Crippen molar-refractivity contribution in [3.05, 3.63) is 0 Å². The largest absolute Gasteiger partial charge is 0.481 e. The van der Waals surface area contributed by atoms with Crippen molar-refractivity contribution >= 4 is 11.9 Å². The van der Waals surface area contributed by atoms with Crippen LogP contribution in [0.1, 0.15) is 26.2 Å². The van der Waals surface area contributed by atoms with Crippen molar-refractivity contribution < 1.29 is 14.7 Å². The number of primary amides is 1. The highest BCUT2D eigenvalue weighted by molar-refractivity contribution is 5.84. The van der Waals surface area contributed by atoms with E-state index in [9.17, 15) is 9.59 Å². The third-order valence-corrected chi connectivity index (χ3v) is 2.16. The molecule has 0 aliphatic heterocycles. The Morgan fingerprint density at radius 1 is 1.54 bits per heavy atom. The van der Waals surface area contributed by atoms with E-state index in [0.717, 1.165) is 0 Å². The molecular formula is C8H16N2O3. The molecule has 0 saturated carbocycles. The Morgan fingerprint density at radius 3 is 2.38 bits per heavy atom. The van der Waals surface area contributed by atoms with Gasteiger partial charge in [0, 0.05) is 6.42 Å². The van der Waals surface area contributed by atoms with E-state index in [-0.39, 0.29) is 6.42 Å². The van der Waals surface area contributed by atoms with Crippen LogP contribution >= 0.6 is 0 Å². The van der Waals surface area contributed by atoms with Gasteiger partial charge in [0.1, 0.15) is 0 Å². The van der Waals surface area contributed by atoms with Crippen LogP contribution in [0.25, 0.3) is 0 Å². The van der Waals surface area contributed by atoms with Gasteiger partial charge in [0.15, 0.2) is 0 Å². The lowest BCUT2D eigenvalue weighted by Crippen LogP contribution is -2.51. The summed E-state index contributed by atoms with van der Waals surface area (Å²) in [5.41, 5.74) is 4.35. The van der Waals surface area contributed by atoms with Gasteiger partial charge in [-0.15, -0.1) is 0 Å². The van der Waals surface area contributed by atoms with Crippen molar-refractivity contribution in [1.82, 2.24) is 5.32 Å². The number of amides is 1. The van der Waals surface area contributed by atoms with Crippen LogP contribution < -0.4 is 11.1 Å². The van der Waals surface area contributed by atoms with E-state index >= 15 is 0 Å². The molecule has 0 aromatic heterocycles. The first kappa shape index (κ1) is 11.9.